The zero-order valence-electron chi connectivity index (χ0n) is 12.3. The summed E-state index contributed by atoms with van der Waals surface area (Å²) in [5.74, 6) is -0.288. The lowest BCUT2D eigenvalue weighted by Crippen LogP contribution is -2.38. The smallest absolute Gasteiger partial charge is 0.305 e. The van der Waals surface area contributed by atoms with E-state index in [-0.39, 0.29) is 18.9 Å². The van der Waals surface area contributed by atoms with Crippen molar-refractivity contribution in [3.05, 3.63) is 35.9 Å². The minimum absolute atomic E-state index is 0.0509. The van der Waals surface area contributed by atoms with Crippen molar-refractivity contribution in [3.8, 4) is 11.3 Å². The van der Waals surface area contributed by atoms with E-state index in [1.54, 1.807) is 4.68 Å². The Kier molecular flexibility index (Phi) is 3.66. The second kappa shape index (κ2) is 5.63. The van der Waals surface area contributed by atoms with E-state index in [0.29, 0.717) is 18.8 Å². The third-order valence-electron chi connectivity index (χ3n) is 3.84. The van der Waals surface area contributed by atoms with Crippen LogP contribution in [0.25, 0.3) is 11.3 Å². The van der Waals surface area contributed by atoms with Gasteiger partial charge in [-0.1, -0.05) is 24.3 Å². The Labute approximate surface area is 128 Å². The zero-order chi connectivity index (χ0) is 15.7. The molecule has 1 N–H and O–H groups in total. The molecule has 1 amide bonds. The number of benzene rings is 1. The highest BCUT2D eigenvalue weighted by atomic mass is 16.4. The van der Waals surface area contributed by atoms with Crippen LogP contribution in [-0.2, 0) is 16.1 Å². The van der Waals surface area contributed by atoms with Crippen LogP contribution in [0.4, 0.5) is 5.82 Å². The molecular formula is C16H17N3O3. The van der Waals surface area contributed by atoms with Gasteiger partial charge in [0.15, 0.2) is 0 Å². The predicted molar refractivity (Wildman–Crippen MR) is 81.6 cm³/mol. The lowest BCUT2D eigenvalue weighted by molar-refractivity contribution is -0.136. The van der Waals surface area contributed by atoms with Crippen LogP contribution in [0.3, 0.4) is 0 Å². The molecule has 0 saturated carbocycles. The number of fused-ring (bicyclic) bond motifs is 1. The topological polar surface area (TPSA) is 75.4 Å². The number of carbonyl (C=O) groups excluding carboxylic acids is 1. The zero-order valence-corrected chi connectivity index (χ0v) is 12.3. The van der Waals surface area contributed by atoms with Crippen LogP contribution < -0.4 is 4.90 Å². The fraction of sp³-hybridized carbons (Fsp3) is 0.312. The molecule has 3 rings (SSSR count). The molecule has 0 spiro atoms. The quantitative estimate of drug-likeness (QED) is 0.937. The van der Waals surface area contributed by atoms with Crippen LogP contribution in [-0.4, -0.2) is 33.3 Å². The minimum atomic E-state index is -0.913. The van der Waals surface area contributed by atoms with Gasteiger partial charge in [0.05, 0.1) is 18.7 Å². The summed E-state index contributed by atoms with van der Waals surface area (Å²) in [6.07, 6.45) is 0.276. The van der Waals surface area contributed by atoms with Gasteiger partial charge in [-0.15, -0.1) is 0 Å². The van der Waals surface area contributed by atoms with Gasteiger partial charge < -0.3 is 5.11 Å². The van der Waals surface area contributed by atoms with Crippen LogP contribution in [0, 0.1) is 6.92 Å². The first-order valence-electron chi connectivity index (χ1n) is 7.22. The summed E-state index contributed by atoms with van der Waals surface area (Å²) < 4.78 is 1.78. The molecule has 0 bridgehead atoms. The largest absolute Gasteiger partial charge is 0.481 e. The van der Waals surface area contributed by atoms with Crippen LogP contribution in [0.1, 0.15) is 18.4 Å². The van der Waals surface area contributed by atoms with Crippen LogP contribution >= 0.6 is 0 Å². The van der Waals surface area contributed by atoms with Crippen LogP contribution in [0.2, 0.25) is 0 Å². The SMILES string of the molecule is Cc1ccccc1-c1cc2n(n1)CCC(=O)N2CCC(=O)O. The van der Waals surface area contributed by atoms with Crippen molar-refractivity contribution in [2.75, 3.05) is 11.4 Å². The van der Waals surface area contributed by atoms with Gasteiger partial charge in [-0.2, -0.15) is 5.10 Å². The fourth-order valence-electron chi connectivity index (χ4n) is 2.69. The van der Waals surface area contributed by atoms with Gasteiger partial charge >= 0.3 is 5.97 Å². The molecule has 1 aliphatic rings. The summed E-state index contributed by atoms with van der Waals surface area (Å²) in [5.41, 5.74) is 2.94. The first-order chi connectivity index (χ1) is 10.6. The normalized spacial score (nSPS) is 14.0. The van der Waals surface area contributed by atoms with E-state index in [1.807, 2.05) is 37.3 Å². The number of amides is 1. The molecule has 1 aromatic heterocycles. The number of nitrogens with zero attached hydrogens (tertiary/aromatic N) is 3. The summed E-state index contributed by atoms with van der Waals surface area (Å²) in [5, 5.41) is 13.4. The Morgan fingerprint density at radius 2 is 2.14 bits per heavy atom. The Bertz CT molecular complexity index is 736. The van der Waals surface area contributed by atoms with Gasteiger partial charge in [-0.25, -0.2) is 4.68 Å². The van der Waals surface area contributed by atoms with E-state index >= 15 is 0 Å². The van der Waals surface area contributed by atoms with E-state index in [4.69, 9.17) is 5.11 Å². The number of carboxylic acids is 1. The molecule has 0 radical (unpaired) electrons. The number of anilines is 1. The number of aromatic nitrogens is 2. The second-order valence-electron chi connectivity index (χ2n) is 5.36. The maximum Gasteiger partial charge on any atom is 0.305 e. The lowest BCUT2D eigenvalue weighted by atomic mass is 10.1. The number of hydrogen-bond acceptors (Lipinski definition) is 3. The molecule has 6 heteroatoms. The number of aliphatic carboxylic acids is 1. The number of hydrogen-bond donors (Lipinski definition) is 1. The molecule has 114 valence electrons. The van der Waals surface area contributed by atoms with E-state index in [0.717, 1.165) is 16.8 Å². The van der Waals surface area contributed by atoms with Gasteiger partial charge in [0.1, 0.15) is 5.82 Å². The van der Waals surface area contributed by atoms with Crippen molar-refractivity contribution >= 4 is 17.7 Å². The van der Waals surface area contributed by atoms with Gasteiger partial charge in [0.25, 0.3) is 0 Å². The monoisotopic (exact) mass is 299 g/mol. The van der Waals surface area contributed by atoms with E-state index in [2.05, 4.69) is 5.10 Å². The Balaban J connectivity index is 1.96. The average molecular weight is 299 g/mol. The standard InChI is InChI=1S/C16H17N3O3/c1-11-4-2-3-5-12(11)13-10-14-18(8-7-16(21)22)15(20)6-9-19(14)17-13/h2-5,10H,6-9H2,1H3,(H,21,22). The first kappa shape index (κ1) is 14.3. The third-order valence-corrected chi connectivity index (χ3v) is 3.84. The maximum absolute atomic E-state index is 12.1. The van der Waals surface area contributed by atoms with Crippen molar-refractivity contribution in [2.24, 2.45) is 0 Å². The van der Waals surface area contributed by atoms with E-state index < -0.39 is 5.97 Å². The van der Waals surface area contributed by atoms with Crippen molar-refractivity contribution in [1.29, 1.82) is 0 Å². The molecular weight excluding hydrogens is 282 g/mol. The molecule has 1 aliphatic heterocycles. The fourth-order valence-corrected chi connectivity index (χ4v) is 2.69. The number of aryl methyl sites for hydroxylation is 2. The number of carbonyl (C=O) groups is 2. The molecule has 6 nitrogen and oxygen atoms in total. The van der Waals surface area contributed by atoms with Crippen molar-refractivity contribution in [1.82, 2.24) is 9.78 Å². The van der Waals surface area contributed by atoms with Crippen molar-refractivity contribution < 1.29 is 14.7 Å². The lowest BCUT2D eigenvalue weighted by Gasteiger charge is -2.26. The minimum Gasteiger partial charge on any atom is -0.481 e. The van der Waals surface area contributed by atoms with E-state index in [1.165, 1.54) is 4.90 Å². The van der Waals surface area contributed by atoms with Crippen molar-refractivity contribution in [3.63, 3.8) is 0 Å². The van der Waals surface area contributed by atoms with Crippen molar-refractivity contribution in [2.45, 2.75) is 26.3 Å². The Hall–Kier alpha value is -2.63. The van der Waals surface area contributed by atoms with E-state index in [9.17, 15) is 9.59 Å². The summed E-state index contributed by atoms with van der Waals surface area (Å²) in [6.45, 7) is 2.72. The molecule has 0 saturated heterocycles. The molecule has 1 aromatic carbocycles. The summed E-state index contributed by atoms with van der Waals surface area (Å²) >= 11 is 0. The number of carboxylic acid groups (broad SMARTS) is 1. The molecule has 22 heavy (non-hydrogen) atoms. The average Bonchev–Trinajstić information content (AvgIpc) is 2.90. The molecule has 2 heterocycles. The van der Waals surface area contributed by atoms with Crippen LogP contribution in [0.5, 0.6) is 0 Å². The molecule has 0 fully saturated rings. The van der Waals surface area contributed by atoms with Gasteiger partial charge in [-0.3, -0.25) is 14.5 Å². The Morgan fingerprint density at radius 1 is 1.36 bits per heavy atom. The summed E-state index contributed by atoms with van der Waals surface area (Å²) in [7, 11) is 0. The first-order valence-corrected chi connectivity index (χ1v) is 7.22. The molecule has 0 atom stereocenters. The summed E-state index contributed by atoms with van der Waals surface area (Å²) in [6, 6.07) is 9.79. The maximum atomic E-state index is 12.1. The third kappa shape index (κ3) is 2.59. The second-order valence-corrected chi connectivity index (χ2v) is 5.36. The highest BCUT2D eigenvalue weighted by molar-refractivity contribution is 5.94. The van der Waals surface area contributed by atoms with Gasteiger partial charge in [0.2, 0.25) is 5.91 Å². The highest BCUT2D eigenvalue weighted by Crippen LogP contribution is 2.29. The van der Waals surface area contributed by atoms with Gasteiger partial charge in [0, 0.05) is 24.6 Å². The van der Waals surface area contributed by atoms with Gasteiger partial charge in [-0.05, 0) is 12.5 Å². The molecule has 0 unspecified atom stereocenters. The molecule has 2 aromatic rings. The highest BCUT2D eigenvalue weighted by Gasteiger charge is 2.26. The molecule has 0 aliphatic carbocycles. The predicted octanol–water partition coefficient (Wildman–Crippen LogP) is 2.07. The summed E-state index contributed by atoms with van der Waals surface area (Å²) in [4.78, 5) is 24.4. The number of rotatable bonds is 4. The Morgan fingerprint density at radius 3 is 2.86 bits per heavy atom. The van der Waals surface area contributed by atoms with Crippen LogP contribution in [0.15, 0.2) is 30.3 Å².